The molecule has 1 saturated heterocycles. The van der Waals surface area contributed by atoms with Gasteiger partial charge in [-0.15, -0.1) is 0 Å². The summed E-state index contributed by atoms with van der Waals surface area (Å²) < 4.78 is 14.2. The van der Waals surface area contributed by atoms with E-state index in [4.69, 9.17) is 11.6 Å². The SMILES string of the molecule is CC1CCN(c2cc(Cl)c(C(C)C)cc2F)CC1. The average molecular weight is 270 g/mol. The maximum absolute atomic E-state index is 14.2. The highest BCUT2D eigenvalue weighted by molar-refractivity contribution is 6.31. The van der Waals surface area contributed by atoms with E-state index in [0.29, 0.717) is 10.7 Å². The van der Waals surface area contributed by atoms with Crippen LogP contribution in [0.2, 0.25) is 5.02 Å². The van der Waals surface area contributed by atoms with Gasteiger partial charge in [0, 0.05) is 18.1 Å². The van der Waals surface area contributed by atoms with Crippen molar-refractivity contribution >= 4 is 17.3 Å². The lowest BCUT2D eigenvalue weighted by Crippen LogP contribution is -2.33. The third kappa shape index (κ3) is 2.80. The zero-order valence-electron chi connectivity index (χ0n) is 11.3. The van der Waals surface area contributed by atoms with Gasteiger partial charge in [-0.25, -0.2) is 4.39 Å². The van der Waals surface area contributed by atoms with Crippen LogP contribution >= 0.6 is 11.6 Å². The Morgan fingerprint density at radius 2 is 1.89 bits per heavy atom. The molecule has 0 aliphatic carbocycles. The van der Waals surface area contributed by atoms with Gasteiger partial charge in [-0.1, -0.05) is 32.4 Å². The lowest BCUT2D eigenvalue weighted by Gasteiger charge is -2.32. The predicted octanol–water partition coefficient (Wildman–Crippen LogP) is 4.84. The Morgan fingerprint density at radius 3 is 2.44 bits per heavy atom. The van der Waals surface area contributed by atoms with Crippen molar-refractivity contribution in [3.05, 3.63) is 28.5 Å². The normalized spacial score (nSPS) is 17.6. The Morgan fingerprint density at radius 1 is 1.28 bits per heavy atom. The Bertz CT molecular complexity index is 423. The van der Waals surface area contributed by atoms with Crippen molar-refractivity contribution in [2.45, 2.75) is 39.5 Å². The zero-order chi connectivity index (χ0) is 13.3. The number of anilines is 1. The van der Waals surface area contributed by atoms with Gasteiger partial charge < -0.3 is 4.90 Å². The van der Waals surface area contributed by atoms with E-state index in [9.17, 15) is 4.39 Å². The fraction of sp³-hybridized carbons (Fsp3) is 0.600. The van der Waals surface area contributed by atoms with Gasteiger partial charge in [0.05, 0.1) is 5.69 Å². The number of piperidine rings is 1. The highest BCUT2D eigenvalue weighted by atomic mass is 35.5. The van der Waals surface area contributed by atoms with Crippen LogP contribution in [0.3, 0.4) is 0 Å². The predicted molar refractivity (Wildman–Crippen MR) is 76.1 cm³/mol. The van der Waals surface area contributed by atoms with E-state index in [1.54, 1.807) is 12.1 Å². The van der Waals surface area contributed by atoms with E-state index in [1.165, 1.54) is 0 Å². The van der Waals surface area contributed by atoms with E-state index in [1.807, 2.05) is 13.8 Å². The van der Waals surface area contributed by atoms with Crippen LogP contribution in [0, 0.1) is 11.7 Å². The first-order valence-electron chi connectivity index (χ1n) is 6.73. The molecule has 1 aromatic carbocycles. The van der Waals surface area contributed by atoms with Crippen LogP contribution < -0.4 is 4.90 Å². The molecule has 100 valence electrons. The zero-order valence-corrected chi connectivity index (χ0v) is 12.1. The van der Waals surface area contributed by atoms with Crippen molar-refractivity contribution in [2.24, 2.45) is 5.92 Å². The standard InChI is InChI=1S/C15H21ClFN/c1-10(2)12-8-14(17)15(9-13(12)16)18-6-4-11(3)5-7-18/h8-11H,4-7H2,1-3H3. The molecule has 0 saturated carbocycles. The van der Waals surface area contributed by atoms with Gasteiger partial charge in [-0.05, 0) is 42.4 Å². The third-order valence-corrected chi connectivity index (χ3v) is 4.14. The molecular formula is C15H21ClFN. The molecule has 0 amide bonds. The Balaban J connectivity index is 2.26. The average Bonchev–Trinajstić information content (AvgIpc) is 2.32. The van der Waals surface area contributed by atoms with Crippen LogP contribution in [-0.4, -0.2) is 13.1 Å². The molecule has 0 N–H and O–H groups in total. The molecule has 1 heterocycles. The summed E-state index contributed by atoms with van der Waals surface area (Å²) in [6.07, 6.45) is 2.26. The lowest BCUT2D eigenvalue weighted by atomic mass is 9.97. The number of hydrogen-bond acceptors (Lipinski definition) is 1. The van der Waals surface area contributed by atoms with E-state index in [-0.39, 0.29) is 11.7 Å². The summed E-state index contributed by atoms with van der Waals surface area (Å²) >= 11 is 6.25. The molecule has 1 aliphatic heterocycles. The van der Waals surface area contributed by atoms with E-state index >= 15 is 0 Å². The summed E-state index contributed by atoms with van der Waals surface area (Å²) in [5.41, 5.74) is 1.56. The highest BCUT2D eigenvalue weighted by Gasteiger charge is 2.20. The molecule has 0 spiro atoms. The number of hydrogen-bond donors (Lipinski definition) is 0. The molecule has 1 aliphatic rings. The van der Waals surface area contributed by atoms with Crippen molar-refractivity contribution in [1.82, 2.24) is 0 Å². The minimum Gasteiger partial charge on any atom is -0.369 e. The maximum atomic E-state index is 14.2. The lowest BCUT2D eigenvalue weighted by molar-refractivity contribution is 0.434. The van der Waals surface area contributed by atoms with Gasteiger partial charge in [0.25, 0.3) is 0 Å². The van der Waals surface area contributed by atoms with Crippen molar-refractivity contribution in [3.8, 4) is 0 Å². The molecule has 18 heavy (non-hydrogen) atoms. The van der Waals surface area contributed by atoms with Crippen molar-refractivity contribution < 1.29 is 4.39 Å². The van der Waals surface area contributed by atoms with Crippen molar-refractivity contribution in [1.29, 1.82) is 0 Å². The maximum Gasteiger partial charge on any atom is 0.146 e. The molecule has 0 bridgehead atoms. The first-order chi connectivity index (χ1) is 8.49. The van der Waals surface area contributed by atoms with Gasteiger partial charge >= 0.3 is 0 Å². The summed E-state index contributed by atoms with van der Waals surface area (Å²) in [7, 11) is 0. The summed E-state index contributed by atoms with van der Waals surface area (Å²) in [4.78, 5) is 2.12. The second-order valence-corrected chi connectivity index (χ2v) is 6.06. The van der Waals surface area contributed by atoms with Crippen molar-refractivity contribution in [3.63, 3.8) is 0 Å². The molecule has 2 rings (SSSR count). The molecule has 0 atom stereocenters. The van der Waals surface area contributed by atoms with Crippen LogP contribution in [0.15, 0.2) is 12.1 Å². The fourth-order valence-corrected chi connectivity index (χ4v) is 2.86. The summed E-state index contributed by atoms with van der Waals surface area (Å²) in [6, 6.07) is 3.39. The van der Waals surface area contributed by atoms with E-state index < -0.39 is 0 Å². The molecule has 0 unspecified atom stereocenters. The fourth-order valence-electron chi connectivity index (χ4n) is 2.49. The number of nitrogens with zero attached hydrogens (tertiary/aromatic N) is 1. The van der Waals surface area contributed by atoms with Crippen LogP contribution in [0.5, 0.6) is 0 Å². The van der Waals surface area contributed by atoms with Gasteiger partial charge in [-0.3, -0.25) is 0 Å². The molecular weight excluding hydrogens is 249 g/mol. The highest BCUT2D eigenvalue weighted by Crippen LogP contribution is 2.33. The quantitative estimate of drug-likeness (QED) is 0.743. The largest absolute Gasteiger partial charge is 0.369 e. The molecule has 3 heteroatoms. The topological polar surface area (TPSA) is 3.24 Å². The van der Waals surface area contributed by atoms with Crippen LogP contribution in [0.1, 0.15) is 45.1 Å². The number of benzene rings is 1. The van der Waals surface area contributed by atoms with Crippen molar-refractivity contribution in [2.75, 3.05) is 18.0 Å². The number of halogens is 2. The Hall–Kier alpha value is -0.760. The summed E-state index contributed by atoms with van der Waals surface area (Å²) in [5.74, 6) is 0.856. The Kier molecular flexibility index (Phi) is 4.16. The van der Waals surface area contributed by atoms with E-state index in [0.717, 1.165) is 37.4 Å². The van der Waals surface area contributed by atoms with Gasteiger partial charge in [0.2, 0.25) is 0 Å². The molecule has 0 radical (unpaired) electrons. The molecule has 0 aromatic heterocycles. The minimum atomic E-state index is -0.141. The number of rotatable bonds is 2. The van der Waals surface area contributed by atoms with Gasteiger partial charge in [0.1, 0.15) is 5.82 Å². The van der Waals surface area contributed by atoms with E-state index in [2.05, 4.69) is 11.8 Å². The molecule has 1 aromatic rings. The smallest absolute Gasteiger partial charge is 0.146 e. The minimum absolute atomic E-state index is 0.141. The summed E-state index contributed by atoms with van der Waals surface area (Å²) in [5, 5.41) is 0.681. The Labute approximate surface area is 114 Å². The first kappa shape index (κ1) is 13.7. The third-order valence-electron chi connectivity index (χ3n) is 3.81. The monoisotopic (exact) mass is 269 g/mol. The molecule has 1 nitrogen and oxygen atoms in total. The first-order valence-corrected chi connectivity index (χ1v) is 7.10. The van der Waals surface area contributed by atoms with Crippen LogP contribution in [0.25, 0.3) is 0 Å². The second-order valence-electron chi connectivity index (χ2n) is 5.65. The van der Waals surface area contributed by atoms with Gasteiger partial charge in [0.15, 0.2) is 0 Å². The second kappa shape index (κ2) is 5.48. The summed E-state index contributed by atoms with van der Waals surface area (Å²) in [6.45, 7) is 8.17. The van der Waals surface area contributed by atoms with Gasteiger partial charge in [-0.2, -0.15) is 0 Å². The van der Waals surface area contributed by atoms with Crippen LogP contribution in [-0.2, 0) is 0 Å². The van der Waals surface area contributed by atoms with Crippen LogP contribution in [0.4, 0.5) is 10.1 Å². The molecule has 1 fully saturated rings.